The van der Waals surface area contributed by atoms with Crippen molar-refractivity contribution in [3.05, 3.63) is 94.0 Å². The van der Waals surface area contributed by atoms with Gasteiger partial charge in [-0.25, -0.2) is 0 Å². The third-order valence-electron chi connectivity index (χ3n) is 3.59. The normalized spacial score (nSPS) is 10.3. The van der Waals surface area contributed by atoms with E-state index in [0.29, 0.717) is 33.7 Å². The quantitative estimate of drug-likeness (QED) is 0.612. The second-order valence-corrected chi connectivity index (χ2v) is 6.15. The Balaban J connectivity index is 1.63. The van der Waals surface area contributed by atoms with E-state index in [9.17, 15) is 4.79 Å². The number of carbonyl (C=O) groups excluding carboxylic acids is 1. The smallest absolute Gasteiger partial charge is 0.255 e. The molecule has 0 heterocycles. The molecule has 0 aliphatic carbocycles. The van der Waals surface area contributed by atoms with Gasteiger partial charge >= 0.3 is 0 Å². The molecule has 0 saturated carbocycles. The summed E-state index contributed by atoms with van der Waals surface area (Å²) in [6.07, 6.45) is 0. The molecule has 1 N–H and O–H groups in total. The molecule has 0 spiro atoms. The van der Waals surface area contributed by atoms with Crippen molar-refractivity contribution in [2.45, 2.75) is 6.61 Å². The van der Waals surface area contributed by atoms with Crippen LogP contribution in [-0.2, 0) is 6.61 Å². The summed E-state index contributed by atoms with van der Waals surface area (Å²) in [6.45, 7) is 0.366. The Kier molecular flexibility index (Phi) is 5.59. The van der Waals surface area contributed by atoms with Crippen molar-refractivity contribution in [1.82, 2.24) is 0 Å². The number of rotatable bonds is 5. The van der Waals surface area contributed by atoms with Gasteiger partial charge in [0.05, 0.1) is 10.7 Å². The van der Waals surface area contributed by atoms with Crippen molar-refractivity contribution >= 4 is 34.8 Å². The number of para-hydroxylation sites is 1. The first kappa shape index (κ1) is 17.3. The lowest BCUT2D eigenvalue weighted by atomic mass is 10.2. The van der Waals surface area contributed by atoms with Crippen LogP contribution >= 0.6 is 23.2 Å². The van der Waals surface area contributed by atoms with E-state index in [-0.39, 0.29) is 5.91 Å². The average Bonchev–Trinajstić information content (AvgIpc) is 2.63. The molecule has 0 aliphatic rings. The zero-order chi connectivity index (χ0) is 17.6. The van der Waals surface area contributed by atoms with Gasteiger partial charge in [-0.15, -0.1) is 0 Å². The first-order valence-electron chi connectivity index (χ1n) is 7.65. The minimum Gasteiger partial charge on any atom is -0.489 e. The van der Waals surface area contributed by atoms with Crippen LogP contribution < -0.4 is 10.1 Å². The van der Waals surface area contributed by atoms with E-state index in [1.807, 2.05) is 36.4 Å². The second kappa shape index (κ2) is 8.06. The molecule has 0 fully saturated rings. The Bertz CT molecular complexity index is 879. The van der Waals surface area contributed by atoms with E-state index >= 15 is 0 Å². The van der Waals surface area contributed by atoms with E-state index in [1.165, 1.54) is 0 Å². The van der Waals surface area contributed by atoms with Crippen molar-refractivity contribution in [3.8, 4) is 5.75 Å². The molecule has 126 valence electrons. The van der Waals surface area contributed by atoms with Crippen molar-refractivity contribution in [2.24, 2.45) is 0 Å². The number of ether oxygens (including phenoxy) is 1. The monoisotopic (exact) mass is 371 g/mol. The SMILES string of the molecule is O=C(Nc1ccccc1Cl)c1ccc(OCc2ccccc2Cl)cc1. The van der Waals surface area contributed by atoms with Crippen molar-refractivity contribution in [3.63, 3.8) is 0 Å². The van der Waals surface area contributed by atoms with Gasteiger partial charge in [0.25, 0.3) is 5.91 Å². The first-order chi connectivity index (χ1) is 12.1. The summed E-state index contributed by atoms with van der Waals surface area (Å²) in [5, 5.41) is 3.94. The molecule has 0 aromatic heterocycles. The predicted molar refractivity (Wildman–Crippen MR) is 102 cm³/mol. The zero-order valence-corrected chi connectivity index (χ0v) is 14.7. The summed E-state index contributed by atoms with van der Waals surface area (Å²) >= 11 is 12.2. The third-order valence-corrected chi connectivity index (χ3v) is 4.29. The zero-order valence-electron chi connectivity index (χ0n) is 13.2. The summed E-state index contributed by atoms with van der Waals surface area (Å²) in [5.41, 5.74) is 2.00. The van der Waals surface area contributed by atoms with Gasteiger partial charge in [0.15, 0.2) is 0 Å². The Morgan fingerprint density at radius 1 is 0.840 bits per heavy atom. The van der Waals surface area contributed by atoms with Crippen LogP contribution in [0.5, 0.6) is 5.75 Å². The molecule has 0 bridgehead atoms. The summed E-state index contributed by atoms with van der Waals surface area (Å²) in [4.78, 5) is 12.3. The van der Waals surface area contributed by atoms with Gasteiger partial charge < -0.3 is 10.1 Å². The molecule has 1 amide bonds. The molecule has 0 atom stereocenters. The number of carbonyl (C=O) groups is 1. The minimum absolute atomic E-state index is 0.231. The number of nitrogens with one attached hydrogen (secondary N) is 1. The standard InChI is InChI=1S/C20H15Cl2NO2/c21-17-6-2-1-5-15(17)13-25-16-11-9-14(10-12-16)20(24)23-19-8-4-3-7-18(19)22/h1-12H,13H2,(H,23,24). The second-order valence-electron chi connectivity index (χ2n) is 5.34. The summed E-state index contributed by atoms with van der Waals surface area (Å²) in [5.74, 6) is 0.431. The number of halogens is 2. The van der Waals surface area contributed by atoms with Crippen LogP contribution in [-0.4, -0.2) is 5.91 Å². The number of benzene rings is 3. The molecule has 0 aliphatic heterocycles. The van der Waals surface area contributed by atoms with Gasteiger partial charge in [0, 0.05) is 16.1 Å². The lowest BCUT2D eigenvalue weighted by molar-refractivity contribution is 0.102. The Morgan fingerprint density at radius 2 is 1.48 bits per heavy atom. The average molecular weight is 372 g/mol. The molecule has 3 aromatic carbocycles. The van der Waals surface area contributed by atoms with Crippen LogP contribution in [0.3, 0.4) is 0 Å². The van der Waals surface area contributed by atoms with E-state index in [0.717, 1.165) is 5.56 Å². The minimum atomic E-state index is -0.231. The lowest BCUT2D eigenvalue weighted by Gasteiger charge is -2.09. The van der Waals surface area contributed by atoms with E-state index in [1.54, 1.807) is 36.4 Å². The number of anilines is 1. The molecular weight excluding hydrogens is 357 g/mol. The molecule has 0 saturated heterocycles. The summed E-state index contributed by atoms with van der Waals surface area (Å²) < 4.78 is 5.71. The van der Waals surface area contributed by atoms with Crippen molar-refractivity contribution in [2.75, 3.05) is 5.32 Å². The highest BCUT2D eigenvalue weighted by Gasteiger charge is 2.08. The van der Waals surface area contributed by atoms with Gasteiger partial charge in [-0.2, -0.15) is 0 Å². The molecule has 0 unspecified atom stereocenters. The fourth-order valence-electron chi connectivity index (χ4n) is 2.24. The highest BCUT2D eigenvalue weighted by molar-refractivity contribution is 6.33. The largest absolute Gasteiger partial charge is 0.489 e. The molecule has 25 heavy (non-hydrogen) atoms. The summed E-state index contributed by atoms with van der Waals surface area (Å²) in [6, 6.07) is 21.5. The van der Waals surface area contributed by atoms with Crippen LogP contribution in [0.1, 0.15) is 15.9 Å². The van der Waals surface area contributed by atoms with Crippen molar-refractivity contribution < 1.29 is 9.53 Å². The van der Waals surface area contributed by atoms with Crippen LogP contribution in [0.25, 0.3) is 0 Å². The maximum atomic E-state index is 12.3. The molecular formula is C20H15Cl2NO2. The topological polar surface area (TPSA) is 38.3 Å². The van der Waals surface area contributed by atoms with Gasteiger partial charge in [0.1, 0.15) is 12.4 Å². The highest BCUT2D eigenvalue weighted by atomic mass is 35.5. The Labute approximate surface area is 156 Å². The van der Waals surface area contributed by atoms with Crippen molar-refractivity contribution in [1.29, 1.82) is 0 Å². The predicted octanol–water partition coefficient (Wildman–Crippen LogP) is 5.82. The number of hydrogen-bond acceptors (Lipinski definition) is 2. The van der Waals surface area contributed by atoms with Gasteiger partial charge in [-0.3, -0.25) is 4.79 Å². The van der Waals surface area contributed by atoms with Crippen LogP contribution in [0.4, 0.5) is 5.69 Å². The van der Waals surface area contributed by atoms with E-state index in [2.05, 4.69) is 5.32 Å². The third kappa shape index (κ3) is 4.53. The Morgan fingerprint density at radius 3 is 2.16 bits per heavy atom. The van der Waals surface area contributed by atoms with Crippen LogP contribution in [0.2, 0.25) is 10.0 Å². The molecule has 3 aromatic rings. The Hall–Kier alpha value is -2.49. The number of amides is 1. The van der Waals surface area contributed by atoms with E-state index < -0.39 is 0 Å². The van der Waals surface area contributed by atoms with Gasteiger partial charge in [-0.1, -0.05) is 53.5 Å². The fraction of sp³-hybridized carbons (Fsp3) is 0.0500. The highest BCUT2D eigenvalue weighted by Crippen LogP contribution is 2.22. The van der Waals surface area contributed by atoms with Crippen LogP contribution in [0.15, 0.2) is 72.8 Å². The van der Waals surface area contributed by atoms with Gasteiger partial charge in [0.2, 0.25) is 0 Å². The lowest BCUT2D eigenvalue weighted by Crippen LogP contribution is -2.12. The fourth-order valence-corrected chi connectivity index (χ4v) is 2.61. The van der Waals surface area contributed by atoms with Gasteiger partial charge in [-0.05, 0) is 42.5 Å². The van der Waals surface area contributed by atoms with Crippen LogP contribution in [0, 0.1) is 0 Å². The maximum absolute atomic E-state index is 12.3. The number of hydrogen-bond donors (Lipinski definition) is 1. The molecule has 3 rings (SSSR count). The van der Waals surface area contributed by atoms with E-state index in [4.69, 9.17) is 27.9 Å². The first-order valence-corrected chi connectivity index (χ1v) is 8.41. The summed E-state index contributed by atoms with van der Waals surface area (Å²) in [7, 11) is 0. The molecule has 0 radical (unpaired) electrons. The molecule has 3 nitrogen and oxygen atoms in total. The maximum Gasteiger partial charge on any atom is 0.255 e. The molecule has 5 heteroatoms.